The molecule has 0 atom stereocenters. The first kappa shape index (κ1) is 7.48. The Labute approximate surface area is 64.7 Å². The lowest BCUT2D eigenvalue weighted by atomic mass is 10.3. The molecule has 0 radical (unpaired) electrons. The summed E-state index contributed by atoms with van der Waals surface area (Å²) in [6, 6.07) is 1.87. The summed E-state index contributed by atoms with van der Waals surface area (Å²) in [6.07, 6.45) is 2.35. The minimum atomic E-state index is 0.199. The van der Waals surface area contributed by atoms with Crippen molar-refractivity contribution in [3.8, 4) is 6.07 Å². The first-order valence-corrected chi connectivity index (χ1v) is 3.29. The van der Waals surface area contributed by atoms with Crippen LogP contribution in [0.5, 0.6) is 0 Å². The highest BCUT2D eigenvalue weighted by Crippen LogP contribution is 2.03. The summed E-state index contributed by atoms with van der Waals surface area (Å²) < 4.78 is 0. The number of hydrogen-bond acceptors (Lipinski definition) is 4. The van der Waals surface area contributed by atoms with Crippen molar-refractivity contribution < 1.29 is 0 Å². The van der Waals surface area contributed by atoms with E-state index in [1.54, 1.807) is 6.20 Å². The third-order valence-corrected chi connectivity index (χ3v) is 1.32. The standard InChI is InChI=1S/C7H8N4/c1-2-5-4-10-7(9)6(3-8)11-5/h4H,2H2,1H3,(H2,9,10). The number of nitriles is 1. The summed E-state index contributed by atoms with van der Waals surface area (Å²) in [4.78, 5) is 7.77. The van der Waals surface area contributed by atoms with Crippen LogP contribution in [-0.2, 0) is 6.42 Å². The first-order chi connectivity index (χ1) is 5.27. The van der Waals surface area contributed by atoms with Gasteiger partial charge in [0.15, 0.2) is 11.5 Å². The zero-order chi connectivity index (χ0) is 8.27. The molecular formula is C7H8N4. The molecule has 1 rings (SSSR count). The summed E-state index contributed by atoms with van der Waals surface area (Å²) in [6.45, 7) is 1.95. The van der Waals surface area contributed by atoms with E-state index in [2.05, 4.69) is 9.97 Å². The van der Waals surface area contributed by atoms with Gasteiger partial charge < -0.3 is 5.73 Å². The van der Waals surface area contributed by atoms with Crippen molar-refractivity contribution in [3.05, 3.63) is 17.6 Å². The Bertz CT molecular complexity index is 300. The van der Waals surface area contributed by atoms with Crippen LogP contribution in [0.1, 0.15) is 18.3 Å². The molecule has 0 fully saturated rings. The molecular weight excluding hydrogens is 140 g/mol. The minimum absolute atomic E-state index is 0.199. The molecule has 1 aromatic heterocycles. The van der Waals surface area contributed by atoms with Gasteiger partial charge in [0, 0.05) is 0 Å². The lowest BCUT2D eigenvalue weighted by molar-refractivity contribution is 0.992. The Balaban J connectivity index is 3.15. The summed E-state index contributed by atoms with van der Waals surface area (Å²) in [5.41, 5.74) is 6.36. The van der Waals surface area contributed by atoms with Gasteiger partial charge in [0.05, 0.1) is 11.9 Å². The smallest absolute Gasteiger partial charge is 0.183 e. The summed E-state index contributed by atoms with van der Waals surface area (Å²) >= 11 is 0. The Morgan fingerprint density at radius 2 is 2.45 bits per heavy atom. The Kier molecular flexibility index (Phi) is 2.02. The maximum absolute atomic E-state index is 8.51. The maximum Gasteiger partial charge on any atom is 0.183 e. The molecule has 0 aliphatic heterocycles. The highest BCUT2D eigenvalue weighted by Gasteiger charge is 2.00. The van der Waals surface area contributed by atoms with Crippen LogP contribution in [0.3, 0.4) is 0 Å². The molecule has 56 valence electrons. The van der Waals surface area contributed by atoms with Gasteiger partial charge in [-0.05, 0) is 6.42 Å². The van der Waals surface area contributed by atoms with E-state index in [-0.39, 0.29) is 11.5 Å². The van der Waals surface area contributed by atoms with Crippen molar-refractivity contribution in [2.45, 2.75) is 13.3 Å². The van der Waals surface area contributed by atoms with Crippen LogP contribution in [0, 0.1) is 11.3 Å². The monoisotopic (exact) mass is 148 g/mol. The second-order valence-corrected chi connectivity index (χ2v) is 2.06. The highest BCUT2D eigenvalue weighted by molar-refractivity contribution is 5.42. The largest absolute Gasteiger partial charge is 0.381 e. The number of nitrogens with two attached hydrogens (primary N) is 1. The molecule has 0 aromatic carbocycles. The quantitative estimate of drug-likeness (QED) is 0.629. The number of rotatable bonds is 1. The molecule has 0 aliphatic carbocycles. The van der Waals surface area contributed by atoms with Gasteiger partial charge in [-0.3, -0.25) is 0 Å². The van der Waals surface area contributed by atoms with Crippen molar-refractivity contribution in [2.75, 3.05) is 5.73 Å². The number of nitrogen functional groups attached to an aromatic ring is 1. The van der Waals surface area contributed by atoms with Crippen LogP contribution in [-0.4, -0.2) is 9.97 Å². The van der Waals surface area contributed by atoms with Crippen LogP contribution in [0.4, 0.5) is 5.82 Å². The molecule has 4 nitrogen and oxygen atoms in total. The minimum Gasteiger partial charge on any atom is -0.381 e. The van der Waals surface area contributed by atoms with Gasteiger partial charge in [-0.1, -0.05) is 6.92 Å². The average molecular weight is 148 g/mol. The summed E-state index contributed by atoms with van der Waals surface area (Å²) in [5, 5.41) is 8.51. The van der Waals surface area contributed by atoms with Gasteiger partial charge in [-0.25, -0.2) is 9.97 Å². The van der Waals surface area contributed by atoms with Crippen LogP contribution in [0.2, 0.25) is 0 Å². The fourth-order valence-corrected chi connectivity index (χ4v) is 0.688. The average Bonchev–Trinajstić information content (AvgIpc) is 2.05. The fourth-order valence-electron chi connectivity index (χ4n) is 0.688. The molecule has 0 amide bonds. The Hall–Kier alpha value is -1.63. The SMILES string of the molecule is CCc1cnc(N)c(C#N)n1. The molecule has 0 aliphatic rings. The van der Waals surface area contributed by atoms with Crippen LogP contribution >= 0.6 is 0 Å². The number of nitrogens with zero attached hydrogens (tertiary/aromatic N) is 3. The molecule has 0 saturated heterocycles. The first-order valence-electron chi connectivity index (χ1n) is 3.29. The predicted molar refractivity (Wildman–Crippen MR) is 40.5 cm³/mol. The Morgan fingerprint density at radius 1 is 1.73 bits per heavy atom. The van der Waals surface area contributed by atoms with Crippen molar-refractivity contribution in [2.24, 2.45) is 0 Å². The second kappa shape index (κ2) is 2.97. The molecule has 2 N–H and O–H groups in total. The normalized spacial score (nSPS) is 9.09. The second-order valence-electron chi connectivity index (χ2n) is 2.06. The van der Waals surface area contributed by atoms with Crippen molar-refractivity contribution >= 4 is 5.82 Å². The zero-order valence-corrected chi connectivity index (χ0v) is 6.20. The maximum atomic E-state index is 8.51. The van der Waals surface area contributed by atoms with Crippen LogP contribution in [0.25, 0.3) is 0 Å². The third kappa shape index (κ3) is 1.44. The topological polar surface area (TPSA) is 75.6 Å². The van der Waals surface area contributed by atoms with E-state index in [1.807, 2.05) is 13.0 Å². The number of aromatic nitrogens is 2. The van der Waals surface area contributed by atoms with Crippen molar-refractivity contribution in [1.82, 2.24) is 9.97 Å². The van der Waals surface area contributed by atoms with E-state index in [0.717, 1.165) is 12.1 Å². The Morgan fingerprint density at radius 3 is 3.00 bits per heavy atom. The van der Waals surface area contributed by atoms with E-state index in [9.17, 15) is 0 Å². The van der Waals surface area contributed by atoms with Gasteiger partial charge in [-0.2, -0.15) is 5.26 Å². The van der Waals surface area contributed by atoms with Crippen molar-refractivity contribution in [3.63, 3.8) is 0 Å². The van der Waals surface area contributed by atoms with E-state index in [0.29, 0.717) is 0 Å². The number of hydrogen-bond donors (Lipinski definition) is 1. The summed E-state index contributed by atoms with van der Waals surface area (Å²) in [5.74, 6) is 0.199. The van der Waals surface area contributed by atoms with Crippen molar-refractivity contribution in [1.29, 1.82) is 5.26 Å². The van der Waals surface area contributed by atoms with Gasteiger partial charge in [0.1, 0.15) is 6.07 Å². The molecule has 0 spiro atoms. The molecule has 0 saturated carbocycles. The van der Waals surface area contributed by atoms with E-state index in [1.165, 1.54) is 0 Å². The lowest BCUT2D eigenvalue weighted by Crippen LogP contribution is -2.00. The fraction of sp³-hybridized carbons (Fsp3) is 0.286. The van der Waals surface area contributed by atoms with Crippen LogP contribution in [0.15, 0.2) is 6.20 Å². The molecule has 11 heavy (non-hydrogen) atoms. The summed E-state index contributed by atoms with van der Waals surface area (Å²) in [7, 11) is 0. The van der Waals surface area contributed by atoms with Crippen LogP contribution < -0.4 is 5.73 Å². The van der Waals surface area contributed by atoms with E-state index in [4.69, 9.17) is 11.0 Å². The highest BCUT2D eigenvalue weighted by atomic mass is 14.9. The van der Waals surface area contributed by atoms with Gasteiger partial charge >= 0.3 is 0 Å². The van der Waals surface area contributed by atoms with Gasteiger partial charge in [-0.15, -0.1) is 0 Å². The van der Waals surface area contributed by atoms with Gasteiger partial charge in [0.25, 0.3) is 0 Å². The number of aryl methyl sites for hydroxylation is 1. The lowest BCUT2D eigenvalue weighted by Gasteiger charge is -1.97. The van der Waals surface area contributed by atoms with E-state index >= 15 is 0 Å². The molecule has 0 unspecified atom stereocenters. The molecule has 1 aromatic rings. The van der Waals surface area contributed by atoms with E-state index < -0.39 is 0 Å². The predicted octanol–water partition coefficient (Wildman–Crippen LogP) is 0.493. The third-order valence-electron chi connectivity index (χ3n) is 1.32. The molecule has 0 bridgehead atoms. The van der Waals surface area contributed by atoms with Gasteiger partial charge in [0.2, 0.25) is 0 Å². The molecule has 4 heteroatoms. The number of anilines is 1. The molecule has 1 heterocycles. The zero-order valence-electron chi connectivity index (χ0n) is 6.20.